The summed E-state index contributed by atoms with van der Waals surface area (Å²) < 4.78 is 0. The van der Waals surface area contributed by atoms with Crippen LogP contribution in [-0.2, 0) is 6.54 Å². The van der Waals surface area contributed by atoms with E-state index in [1.807, 2.05) is 18.2 Å². The monoisotopic (exact) mass is 290 g/mol. The van der Waals surface area contributed by atoms with E-state index in [0.717, 1.165) is 30.2 Å². The molecule has 3 nitrogen and oxygen atoms in total. The van der Waals surface area contributed by atoms with Gasteiger partial charge in [-0.3, -0.25) is 4.90 Å². The van der Waals surface area contributed by atoms with Crippen molar-refractivity contribution < 1.29 is 5.11 Å². The van der Waals surface area contributed by atoms with Crippen molar-refractivity contribution >= 4 is 11.3 Å². The number of rotatable bonds is 7. The SMILES string of the molecule is CC(C)N(CCCO)Cc1csc(-c2ccccc2)n1. The van der Waals surface area contributed by atoms with E-state index in [-0.39, 0.29) is 6.61 Å². The minimum absolute atomic E-state index is 0.246. The number of thiazole rings is 1. The van der Waals surface area contributed by atoms with Gasteiger partial charge in [-0.15, -0.1) is 11.3 Å². The summed E-state index contributed by atoms with van der Waals surface area (Å²) in [6.07, 6.45) is 0.813. The van der Waals surface area contributed by atoms with Gasteiger partial charge in [-0.1, -0.05) is 30.3 Å². The fraction of sp³-hybridized carbons (Fsp3) is 0.438. The molecule has 0 saturated carbocycles. The van der Waals surface area contributed by atoms with Gasteiger partial charge in [0, 0.05) is 36.7 Å². The Bertz CT molecular complexity index is 510. The molecule has 1 aromatic carbocycles. The molecular weight excluding hydrogens is 268 g/mol. The van der Waals surface area contributed by atoms with Gasteiger partial charge in [0.25, 0.3) is 0 Å². The molecule has 0 bridgehead atoms. The van der Waals surface area contributed by atoms with Crippen molar-refractivity contribution in [1.82, 2.24) is 9.88 Å². The zero-order chi connectivity index (χ0) is 14.4. The van der Waals surface area contributed by atoms with Crippen LogP contribution in [0.5, 0.6) is 0 Å². The lowest BCUT2D eigenvalue weighted by Crippen LogP contribution is -2.31. The maximum Gasteiger partial charge on any atom is 0.123 e. The van der Waals surface area contributed by atoms with Gasteiger partial charge in [0.1, 0.15) is 5.01 Å². The van der Waals surface area contributed by atoms with Gasteiger partial charge < -0.3 is 5.11 Å². The van der Waals surface area contributed by atoms with Crippen molar-refractivity contribution in [3.05, 3.63) is 41.4 Å². The molecule has 0 aliphatic heterocycles. The third-order valence-electron chi connectivity index (χ3n) is 3.27. The van der Waals surface area contributed by atoms with Gasteiger partial charge in [0.15, 0.2) is 0 Å². The standard InChI is InChI=1S/C16H22N2OS/c1-13(2)18(9-6-10-19)11-15-12-20-16(17-15)14-7-4-3-5-8-14/h3-5,7-8,12-13,19H,6,9-11H2,1-2H3. The average molecular weight is 290 g/mol. The molecule has 0 amide bonds. The predicted molar refractivity (Wildman–Crippen MR) is 84.8 cm³/mol. The van der Waals surface area contributed by atoms with Crippen LogP contribution < -0.4 is 0 Å². The molecule has 0 radical (unpaired) electrons. The average Bonchev–Trinajstić information content (AvgIpc) is 2.92. The zero-order valence-electron chi connectivity index (χ0n) is 12.1. The zero-order valence-corrected chi connectivity index (χ0v) is 12.9. The summed E-state index contributed by atoms with van der Waals surface area (Å²) in [7, 11) is 0. The predicted octanol–water partition coefficient (Wildman–Crippen LogP) is 3.40. The molecule has 1 aromatic heterocycles. The Morgan fingerprint density at radius 1 is 1.25 bits per heavy atom. The number of benzene rings is 1. The van der Waals surface area contributed by atoms with Crippen LogP contribution in [0.4, 0.5) is 0 Å². The Morgan fingerprint density at radius 3 is 2.65 bits per heavy atom. The molecular formula is C16H22N2OS. The highest BCUT2D eigenvalue weighted by Crippen LogP contribution is 2.24. The van der Waals surface area contributed by atoms with Crippen LogP contribution in [0.25, 0.3) is 10.6 Å². The second-order valence-corrected chi connectivity index (χ2v) is 6.01. The minimum Gasteiger partial charge on any atom is -0.396 e. The van der Waals surface area contributed by atoms with Gasteiger partial charge >= 0.3 is 0 Å². The van der Waals surface area contributed by atoms with E-state index in [2.05, 4.69) is 36.3 Å². The topological polar surface area (TPSA) is 36.4 Å². The molecule has 0 fully saturated rings. The smallest absolute Gasteiger partial charge is 0.123 e. The Morgan fingerprint density at radius 2 is 2.00 bits per heavy atom. The maximum atomic E-state index is 8.98. The van der Waals surface area contributed by atoms with E-state index in [1.165, 1.54) is 5.56 Å². The first-order valence-electron chi connectivity index (χ1n) is 7.05. The summed E-state index contributed by atoms with van der Waals surface area (Å²) in [5.41, 5.74) is 2.29. The van der Waals surface area contributed by atoms with Crippen LogP contribution in [-0.4, -0.2) is 34.2 Å². The molecule has 2 aromatic rings. The number of hydrogen-bond donors (Lipinski definition) is 1. The molecule has 0 saturated heterocycles. The molecule has 0 atom stereocenters. The minimum atomic E-state index is 0.246. The molecule has 4 heteroatoms. The first-order chi connectivity index (χ1) is 9.70. The Hall–Kier alpha value is -1.23. The van der Waals surface area contributed by atoms with Gasteiger partial charge in [-0.25, -0.2) is 4.98 Å². The van der Waals surface area contributed by atoms with Gasteiger partial charge in [0.2, 0.25) is 0 Å². The summed E-state index contributed by atoms with van der Waals surface area (Å²) in [6.45, 7) is 6.37. The van der Waals surface area contributed by atoms with Crippen LogP contribution in [0.1, 0.15) is 26.0 Å². The van der Waals surface area contributed by atoms with E-state index >= 15 is 0 Å². The summed E-state index contributed by atoms with van der Waals surface area (Å²) in [4.78, 5) is 7.07. The number of aromatic nitrogens is 1. The molecule has 20 heavy (non-hydrogen) atoms. The van der Waals surface area contributed by atoms with Crippen molar-refractivity contribution in [2.75, 3.05) is 13.2 Å². The second kappa shape index (κ2) is 7.53. The number of aliphatic hydroxyl groups excluding tert-OH is 1. The second-order valence-electron chi connectivity index (χ2n) is 5.15. The van der Waals surface area contributed by atoms with Crippen molar-refractivity contribution in [2.24, 2.45) is 0 Å². The molecule has 1 N–H and O–H groups in total. The lowest BCUT2D eigenvalue weighted by molar-refractivity contribution is 0.183. The highest BCUT2D eigenvalue weighted by molar-refractivity contribution is 7.13. The molecule has 0 aliphatic carbocycles. The molecule has 0 spiro atoms. The van der Waals surface area contributed by atoms with E-state index < -0.39 is 0 Å². The number of hydrogen-bond acceptors (Lipinski definition) is 4. The highest BCUT2D eigenvalue weighted by Gasteiger charge is 2.12. The Balaban J connectivity index is 2.04. The van der Waals surface area contributed by atoms with Crippen molar-refractivity contribution in [3.8, 4) is 10.6 Å². The summed E-state index contributed by atoms with van der Waals surface area (Å²) >= 11 is 1.69. The van der Waals surface area contributed by atoms with Gasteiger partial charge in [-0.2, -0.15) is 0 Å². The van der Waals surface area contributed by atoms with Crippen LogP contribution in [0.15, 0.2) is 35.7 Å². The summed E-state index contributed by atoms with van der Waals surface area (Å²) in [5.74, 6) is 0. The van der Waals surface area contributed by atoms with Gasteiger partial charge in [-0.05, 0) is 20.3 Å². The van der Waals surface area contributed by atoms with E-state index in [4.69, 9.17) is 10.1 Å². The van der Waals surface area contributed by atoms with Crippen LogP contribution in [0.3, 0.4) is 0 Å². The molecule has 0 aliphatic rings. The number of nitrogens with zero attached hydrogens (tertiary/aromatic N) is 2. The van der Waals surface area contributed by atoms with Crippen LogP contribution in [0, 0.1) is 0 Å². The quantitative estimate of drug-likeness (QED) is 0.849. The molecule has 1 heterocycles. The van der Waals surface area contributed by atoms with Crippen LogP contribution >= 0.6 is 11.3 Å². The van der Waals surface area contributed by atoms with E-state index in [9.17, 15) is 0 Å². The van der Waals surface area contributed by atoms with Crippen molar-refractivity contribution in [3.63, 3.8) is 0 Å². The Labute approximate surface area is 124 Å². The van der Waals surface area contributed by atoms with E-state index in [1.54, 1.807) is 11.3 Å². The molecule has 2 rings (SSSR count). The lowest BCUT2D eigenvalue weighted by Gasteiger charge is -2.25. The third-order valence-corrected chi connectivity index (χ3v) is 4.21. The molecule has 0 unspecified atom stereocenters. The maximum absolute atomic E-state index is 8.98. The molecule has 108 valence electrons. The Kier molecular flexibility index (Phi) is 5.71. The fourth-order valence-electron chi connectivity index (χ4n) is 2.09. The fourth-order valence-corrected chi connectivity index (χ4v) is 2.91. The first-order valence-corrected chi connectivity index (χ1v) is 7.93. The normalized spacial score (nSPS) is 11.4. The van der Waals surface area contributed by atoms with Crippen LogP contribution in [0.2, 0.25) is 0 Å². The largest absolute Gasteiger partial charge is 0.396 e. The lowest BCUT2D eigenvalue weighted by atomic mass is 10.2. The van der Waals surface area contributed by atoms with Gasteiger partial charge in [0.05, 0.1) is 5.69 Å². The first kappa shape index (κ1) is 15.2. The summed E-state index contributed by atoms with van der Waals surface area (Å²) in [6, 6.07) is 10.7. The third kappa shape index (κ3) is 4.13. The van der Waals surface area contributed by atoms with Crippen molar-refractivity contribution in [1.29, 1.82) is 0 Å². The van der Waals surface area contributed by atoms with Crippen molar-refractivity contribution in [2.45, 2.75) is 32.9 Å². The highest BCUT2D eigenvalue weighted by atomic mass is 32.1. The summed E-state index contributed by atoms with van der Waals surface area (Å²) in [5, 5.41) is 12.2. The van der Waals surface area contributed by atoms with E-state index in [0.29, 0.717) is 6.04 Å². The number of aliphatic hydroxyl groups is 1.